The average Bonchev–Trinajstić information content (AvgIpc) is 2.45. The fourth-order valence-corrected chi connectivity index (χ4v) is 1.70. The Kier molecular flexibility index (Phi) is 3.89. The van der Waals surface area contributed by atoms with E-state index >= 15 is 0 Å². The maximum Gasteiger partial charge on any atom is 0.337 e. The van der Waals surface area contributed by atoms with Gasteiger partial charge in [-0.2, -0.15) is 0 Å². The number of hydrogen-bond acceptors (Lipinski definition) is 4. The van der Waals surface area contributed by atoms with E-state index in [4.69, 9.17) is 10.5 Å². The lowest BCUT2D eigenvalue weighted by Crippen LogP contribution is -2.03. The first-order valence-corrected chi connectivity index (χ1v) is 5.93. The number of hydrogen-bond donors (Lipinski definition) is 1. The standard InChI is InChI=1S/C15H14FNO3/c1-9-4-3-5-13(14(9)16)20-12-7-6-10(8-11(12)17)15(18)19-2/h3-8H,17H2,1-2H3. The highest BCUT2D eigenvalue weighted by Gasteiger charge is 2.12. The van der Waals surface area contributed by atoms with Gasteiger partial charge in [-0.25, -0.2) is 9.18 Å². The van der Waals surface area contributed by atoms with Gasteiger partial charge < -0.3 is 15.2 Å². The molecule has 0 aliphatic heterocycles. The SMILES string of the molecule is COC(=O)c1ccc(Oc2cccc(C)c2F)c(N)c1. The predicted octanol–water partition coefficient (Wildman–Crippen LogP) is 3.30. The van der Waals surface area contributed by atoms with Crippen LogP contribution < -0.4 is 10.5 Å². The summed E-state index contributed by atoms with van der Waals surface area (Å²) in [5.74, 6) is -0.571. The van der Waals surface area contributed by atoms with E-state index in [9.17, 15) is 9.18 Å². The van der Waals surface area contributed by atoms with Crippen molar-refractivity contribution in [3.05, 3.63) is 53.3 Å². The van der Waals surface area contributed by atoms with Gasteiger partial charge in [-0.15, -0.1) is 0 Å². The molecule has 0 amide bonds. The molecule has 2 rings (SSSR count). The van der Waals surface area contributed by atoms with Crippen molar-refractivity contribution in [1.29, 1.82) is 0 Å². The maximum absolute atomic E-state index is 13.8. The summed E-state index contributed by atoms with van der Waals surface area (Å²) in [6.45, 7) is 1.64. The summed E-state index contributed by atoms with van der Waals surface area (Å²) in [4.78, 5) is 11.4. The lowest BCUT2D eigenvalue weighted by atomic mass is 10.2. The monoisotopic (exact) mass is 275 g/mol. The van der Waals surface area contributed by atoms with E-state index in [-0.39, 0.29) is 17.2 Å². The van der Waals surface area contributed by atoms with Crippen LogP contribution >= 0.6 is 0 Å². The van der Waals surface area contributed by atoms with Gasteiger partial charge in [-0.05, 0) is 36.8 Å². The second kappa shape index (κ2) is 5.61. The van der Waals surface area contributed by atoms with Crippen molar-refractivity contribution in [2.75, 3.05) is 12.8 Å². The molecule has 0 heterocycles. The molecular weight excluding hydrogens is 261 g/mol. The van der Waals surface area contributed by atoms with Crippen LogP contribution in [0.15, 0.2) is 36.4 Å². The third-order valence-electron chi connectivity index (χ3n) is 2.81. The summed E-state index contributed by atoms with van der Waals surface area (Å²) in [5.41, 5.74) is 6.81. The van der Waals surface area contributed by atoms with E-state index in [1.165, 1.54) is 31.4 Å². The molecule has 0 unspecified atom stereocenters. The Hall–Kier alpha value is -2.56. The Morgan fingerprint density at radius 3 is 2.60 bits per heavy atom. The van der Waals surface area contributed by atoms with E-state index in [0.29, 0.717) is 11.1 Å². The summed E-state index contributed by atoms with van der Waals surface area (Å²) in [5, 5.41) is 0. The molecule has 0 bridgehead atoms. The molecule has 2 aromatic carbocycles. The molecule has 20 heavy (non-hydrogen) atoms. The van der Waals surface area contributed by atoms with Gasteiger partial charge in [0.15, 0.2) is 17.3 Å². The van der Waals surface area contributed by atoms with Crippen LogP contribution in [0.4, 0.5) is 10.1 Å². The Labute approximate surface area is 115 Å². The summed E-state index contributed by atoms with van der Waals surface area (Å²) in [7, 11) is 1.28. The quantitative estimate of drug-likeness (QED) is 0.689. The number of aryl methyl sites for hydroxylation is 1. The van der Waals surface area contributed by atoms with Crippen LogP contribution in [0.2, 0.25) is 0 Å². The fraction of sp³-hybridized carbons (Fsp3) is 0.133. The van der Waals surface area contributed by atoms with Crippen molar-refractivity contribution in [3.63, 3.8) is 0 Å². The second-order valence-corrected chi connectivity index (χ2v) is 4.23. The molecule has 0 saturated carbocycles. The van der Waals surface area contributed by atoms with Crippen molar-refractivity contribution in [2.45, 2.75) is 6.92 Å². The molecule has 0 radical (unpaired) electrons. The van der Waals surface area contributed by atoms with Crippen molar-refractivity contribution in [3.8, 4) is 11.5 Å². The molecule has 4 nitrogen and oxygen atoms in total. The van der Waals surface area contributed by atoms with Gasteiger partial charge in [0.25, 0.3) is 0 Å². The van der Waals surface area contributed by atoms with E-state index in [1.54, 1.807) is 19.1 Å². The lowest BCUT2D eigenvalue weighted by Gasteiger charge is -2.11. The number of benzene rings is 2. The lowest BCUT2D eigenvalue weighted by molar-refractivity contribution is 0.0601. The topological polar surface area (TPSA) is 61.5 Å². The largest absolute Gasteiger partial charge is 0.465 e. The zero-order chi connectivity index (χ0) is 14.7. The first-order chi connectivity index (χ1) is 9.52. The molecule has 0 spiro atoms. The van der Waals surface area contributed by atoms with Crippen molar-refractivity contribution < 1.29 is 18.7 Å². The van der Waals surface area contributed by atoms with E-state index in [0.717, 1.165) is 0 Å². The zero-order valence-corrected chi connectivity index (χ0v) is 11.1. The first kappa shape index (κ1) is 13.9. The zero-order valence-electron chi connectivity index (χ0n) is 11.1. The highest BCUT2D eigenvalue weighted by molar-refractivity contribution is 5.90. The molecule has 2 aromatic rings. The minimum atomic E-state index is -0.495. The Morgan fingerprint density at radius 2 is 1.95 bits per heavy atom. The van der Waals surface area contributed by atoms with Gasteiger partial charge in [0.1, 0.15) is 0 Å². The highest BCUT2D eigenvalue weighted by atomic mass is 19.1. The van der Waals surface area contributed by atoms with Crippen LogP contribution in [0.3, 0.4) is 0 Å². The van der Waals surface area contributed by atoms with Crippen LogP contribution in [-0.4, -0.2) is 13.1 Å². The number of nitrogen functional groups attached to an aromatic ring is 1. The summed E-state index contributed by atoms with van der Waals surface area (Å²) in [6, 6.07) is 9.28. The van der Waals surface area contributed by atoms with E-state index in [1.807, 2.05) is 0 Å². The molecule has 0 aliphatic rings. The molecular formula is C15H14FNO3. The van der Waals surface area contributed by atoms with Crippen LogP contribution in [0, 0.1) is 12.7 Å². The Bertz CT molecular complexity index is 656. The van der Waals surface area contributed by atoms with Gasteiger partial charge in [0.05, 0.1) is 18.4 Å². The smallest absolute Gasteiger partial charge is 0.337 e. The molecule has 0 aliphatic carbocycles. The van der Waals surface area contributed by atoms with Crippen molar-refractivity contribution in [1.82, 2.24) is 0 Å². The van der Waals surface area contributed by atoms with Crippen molar-refractivity contribution in [2.24, 2.45) is 0 Å². The first-order valence-electron chi connectivity index (χ1n) is 5.93. The number of methoxy groups -OCH3 is 1. The minimum absolute atomic E-state index is 0.0857. The van der Waals surface area contributed by atoms with Crippen LogP contribution in [0.5, 0.6) is 11.5 Å². The number of carbonyl (C=O) groups excluding carboxylic acids is 1. The Morgan fingerprint density at radius 1 is 1.20 bits per heavy atom. The summed E-state index contributed by atoms with van der Waals surface area (Å²) >= 11 is 0. The molecule has 0 fully saturated rings. The van der Waals surface area contributed by atoms with Gasteiger partial charge in [0.2, 0.25) is 0 Å². The highest BCUT2D eigenvalue weighted by Crippen LogP contribution is 2.30. The molecule has 0 saturated heterocycles. The van der Waals surface area contributed by atoms with Gasteiger partial charge in [-0.3, -0.25) is 0 Å². The summed E-state index contributed by atoms with van der Waals surface area (Å²) < 4.78 is 23.9. The number of rotatable bonds is 3. The molecule has 0 atom stereocenters. The van der Waals surface area contributed by atoms with E-state index in [2.05, 4.69) is 4.74 Å². The molecule has 2 N–H and O–H groups in total. The predicted molar refractivity (Wildman–Crippen MR) is 73.4 cm³/mol. The van der Waals surface area contributed by atoms with E-state index < -0.39 is 11.8 Å². The Balaban J connectivity index is 2.30. The second-order valence-electron chi connectivity index (χ2n) is 4.23. The average molecular weight is 275 g/mol. The number of anilines is 1. The number of esters is 1. The normalized spacial score (nSPS) is 10.2. The molecule has 104 valence electrons. The fourth-order valence-electron chi connectivity index (χ4n) is 1.70. The third-order valence-corrected chi connectivity index (χ3v) is 2.81. The van der Waals surface area contributed by atoms with Gasteiger partial charge >= 0.3 is 5.97 Å². The van der Waals surface area contributed by atoms with Crippen LogP contribution in [0.25, 0.3) is 0 Å². The van der Waals surface area contributed by atoms with Crippen LogP contribution in [0.1, 0.15) is 15.9 Å². The number of ether oxygens (including phenoxy) is 2. The van der Waals surface area contributed by atoms with Crippen molar-refractivity contribution >= 4 is 11.7 Å². The maximum atomic E-state index is 13.8. The number of carbonyl (C=O) groups is 1. The summed E-state index contributed by atoms with van der Waals surface area (Å²) in [6.07, 6.45) is 0. The molecule has 5 heteroatoms. The van der Waals surface area contributed by atoms with Gasteiger partial charge in [-0.1, -0.05) is 12.1 Å². The third kappa shape index (κ3) is 2.71. The molecule has 0 aromatic heterocycles. The minimum Gasteiger partial charge on any atom is -0.465 e. The van der Waals surface area contributed by atoms with Gasteiger partial charge in [0, 0.05) is 0 Å². The number of nitrogens with two attached hydrogens (primary N) is 1. The van der Waals surface area contributed by atoms with Crippen LogP contribution in [-0.2, 0) is 4.74 Å². The number of halogens is 1.